The van der Waals surface area contributed by atoms with E-state index in [0.29, 0.717) is 45.2 Å². The van der Waals surface area contributed by atoms with Gasteiger partial charge in [-0.3, -0.25) is 4.79 Å². The number of carboxylic acids is 1. The fourth-order valence-corrected chi connectivity index (χ4v) is 4.51. The third kappa shape index (κ3) is 5.24. The molecule has 0 saturated carbocycles. The van der Waals surface area contributed by atoms with Crippen molar-refractivity contribution in [2.75, 3.05) is 28.4 Å². The van der Waals surface area contributed by atoms with E-state index in [0.717, 1.165) is 11.7 Å². The molecule has 4 aromatic rings. The second kappa shape index (κ2) is 11.1. The lowest BCUT2D eigenvalue weighted by atomic mass is 9.89. The summed E-state index contributed by atoms with van der Waals surface area (Å²) in [6, 6.07) is 14.6. The summed E-state index contributed by atoms with van der Waals surface area (Å²) >= 11 is 1.01. The SMILES string of the molecule is COc1ccc(C(=O)/C(Cc2cc(OC)c(OC)c(OC)c2)=C(\C(=O)[O-])c2ccc3nsnc3c2)cc1. The highest BCUT2D eigenvalue weighted by Crippen LogP contribution is 2.39. The Kier molecular flexibility index (Phi) is 7.69. The fraction of sp³-hybridized carbons (Fsp3) is 0.185. The fourth-order valence-electron chi connectivity index (χ4n) is 3.99. The van der Waals surface area contributed by atoms with Crippen LogP contribution >= 0.6 is 11.7 Å². The van der Waals surface area contributed by atoms with Crippen LogP contribution in [-0.4, -0.2) is 48.9 Å². The Hall–Kier alpha value is -4.44. The maximum absolute atomic E-state index is 13.8. The molecule has 1 heterocycles. The third-order valence-electron chi connectivity index (χ3n) is 5.78. The smallest absolute Gasteiger partial charge is 0.203 e. The van der Waals surface area contributed by atoms with E-state index in [2.05, 4.69) is 8.75 Å². The van der Waals surface area contributed by atoms with Gasteiger partial charge in [0.25, 0.3) is 0 Å². The van der Waals surface area contributed by atoms with Crippen LogP contribution in [-0.2, 0) is 11.2 Å². The number of aromatic nitrogens is 2. The highest BCUT2D eigenvalue weighted by atomic mass is 32.1. The van der Waals surface area contributed by atoms with Crippen molar-refractivity contribution in [3.05, 3.63) is 76.9 Å². The van der Waals surface area contributed by atoms with E-state index in [1.807, 2.05) is 0 Å². The number of carbonyl (C=O) groups is 2. The first-order chi connectivity index (χ1) is 17.9. The molecule has 0 amide bonds. The van der Waals surface area contributed by atoms with Crippen molar-refractivity contribution >= 4 is 40.1 Å². The highest BCUT2D eigenvalue weighted by Gasteiger charge is 2.23. The Morgan fingerprint density at radius 2 is 1.41 bits per heavy atom. The van der Waals surface area contributed by atoms with Gasteiger partial charge in [-0.05, 0) is 59.7 Å². The third-order valence-corrected chi connectivity index (χ3v) is 6.34. The lowest BCUT2D eigenvalue weighted by Crippen LogP contribution is -2.27. The summed E-state index contributed by atoms with van der Waals surface area (Å²) in [5, 5.41) is 12.5. The van der Waals surface area contributed by atoms with Crippen LogP contribution in [0.1, 0.15) is 21.5 Å². The molecule has 0 N–H and O–H groups in total. The zero-order valence-corrected chi connectivity index (χ0v) is 21.4. The summed E-state index contributed by atoms with van der Waals surface area (Å²) in [7, 11) is 5.95. The van der Waals surface area contributed by atoms with Crippen molar-refractivity contribution in [3.63, 3.8) is 0 Å². The Bertz CT molecular complexity index is 1470. The van der Waals surface area contributed by atoms with Gasteiger partial charge in [-0.1, -0.05) is 6.07 Å². The van der Waals surface area contributed by atoms with Gasteiger partial charge in [-0.25, -0.2) is 0 Å². The van der Waals surface area contributed by atoms with E-state index < -0.39 is 11.8 Å². The predicted molar refractivity (Wildman–Crippen MR) is 136 cm³/mol. The average molecular weight is 520 g/mol. The molecule has 1 aromatic heterocycles. The van der Waals surface area contributed by atoms with Gasteiger partial charge >= 0.3 is 0 Å². The molecule has 0 atom stereocenters. The molecular weight excluding hydrogens is 496 g/mol. The molecule has 10 heteroatoms. The number of aliphatic carboxylic acids is 1. The Morgan fingerprint density at radius 3 is 1.97 bits per heavy atom. The van der Waals surface area contributed by atoms with E-state index >= 15 is 0 Å². The average Bonchev–Trinajstić information content (AvgIpc) is 3.39. The van der Waals surface area contributed by atoms with Crippen LogP contribution in [0.3, 0.4) is 0 Å². The van der Waals surface area contributed by atoms with Gasteiger partial charge in [0, 0.05) is 23.1 Å². The van der Waals surface area contributed by atoms with Gasteiger partial charge in [0.15, 0.2) is 17.3 Å². The largest absolute Gasteiger partial charge is 0.545 e. The second-order valence-corrected chi connectivity index (χ2v) is 8.41. The van der Waals surface area contributed by atoms with Crippen LogP contribution in [0.15, 0.2) is 60.2 Å². The van der Waals surface area contributed by atoms with E-state index in [1.54, 1.807) is 54.6 Å². The molecule has 0 unspecified atom stereocenters. The number of benzene rings is 3. The molecule has 9 nitrogen and oxygen atoms in total. The van der Waals surface area contributed by atoms with Gasteiger partial charge in [0.1, 0.15) is 16.8 Å². The zero-order valence-electron chi connectivity index (χ0n) is 20.6. The first-order valence-electron chi connectivity index (χ1n) is 11.0. The number of Topliss-reactive ketones (excluding diaryl/α,β-unsaturated/α-hetero) is 1. The minimum absolute atomic E-state index is 0.0157. The number of fused-ring (bicyclic) bond motifs is 1. The molecule has 0 saturated heterocycles. The van der Waals surface area contributed by atoms with E-state index in [-0.39, 0.29) is 23.1 Å². The summed E-state index contributed by atoms with van der Waals surface area (Å²) in [5.74, 6) is -0.286. The number of nitrogens with zero attached hydrogens (tertiary/aromatic N) is 2. The van der Waals surface area contributed by atoms with Crippen molar-refractivity contribution in [1.82, 2.24) is 8.75 Å². The lowest BCUT2D eigenvalue weighted by molar-refractivity contribution is -0.295. The van der Waals surface area contributed by atoms with Crippen molar-refractivity contribution < 1.29 is 33.6 Å². The number of carboxylic acid groups (broad SMARTS) is 1. The summed E-state index contributed by atoms with van der Waals surface area (Å²) < 4.78 is 29.8. The van der Waals surface area contributed by atoms with Crippen molar-refractivity contribution in [1.29, 1.82) is 0 Å². The summed E-state index contributed by atoms with van der Waals surface area (Å²) in [5.41, 5.74) is 2.06. The molecule has 37 heavy (non-hydrogen) atoms. The minimum Gasteiger partial charge on any atom is -0.545 e. The van der Waals surface area contributed by atoms with Gasteiger partial charge in [-0.2, -0.15) is 8.75 Å². The quantitative estimate of drug-likeness (QED) is 0.229. The molecule has 0 aliphatic rings. The van der Waals surface area contributed by atoms with Crippen molar-refractivity contribution in [2.45, 2.75) is 6.42 Å². The molecule has 0 spiro atoms. The predicted octanol–water partition coefficient (Wildman–Crippen LogP) is 3.35. The van der Waals surface area contributed by atoms with Crippen molar-refractivity contribution in [3.8, 4) is 23.0 Å². The number of methoxy groups -OCH3 is 4. The number of hydrogen-bond donors (Lipinski definition) is 0. The Morgan fingerprint density at radius 1 is 0.784 bits per heavy atom. The normalized spacial score (nSPS) is 11.6. The molecule has 190 valence electrons. The van der Waals surface area contributed by atoms with Crippen LogP contribution in [0.2, 0.25) is 0 Å². The number of ketones is 1. The summed E-state index contributed by atoms with van der Waals surface area (Å²) in [6.07, 6.45) is -0.0573. The minimum atomic E-state index is -1.49. The number of allylic oxidation sites excluding steroid dienone is 1. The number of carbonyl (C=O) groups excluding carboxylic acids is 2. The van der Waals surface area contributed by atoms with Crippen LogP contribution in [0.25, 0.3) is 16.6 Å². The first-order valence-corrected chi connectivity index (χ1v) is 11.8. The van der Waals surface area contributed by atoms with Crippen LogP contribution in [0.5, 0.6) is 23.0 Å². The van der Waals surface area contributed by atoms with Gasteiger partial charge in [0.2, 0.25) is 5.75 Å². The molecule has 0 fully saturated rings. The Balaban J connectivity index is 1.93. The lowest BCUT2D eigenvalue weighted by Gasteiger charge is -2.19. The van der Waals surface area contributed by atoms with Gasteiger partial charge in [-0.15, -0.1) is 0 Å². The van der Waals surface area contributed by atoms with Gasteiger partial charge in [0.05, 0.1) is 46.1 Å². The van der Waals surface area contributed by atoms with E-state index in [4.69, 9.17) is 18.9 Å². The summed E-state index contributed by atoms with van der Waals surface area (Å²) in [4.78, 5) is 26.4. The number of hydrogen-bond acceptors (Lipinski definition) is 10. The molecule has 3 aromatic carbocycles. The van der Waals surface area contributed by atoms with Crippen LogP contribution in [0.4, 0.5) is 0 Å². The van der Waals surface area contributed by atoms with E-state index in [9.17, 15) is 14.7 Å². The molecule has 0 radical (unpaired) electrons. The van der Waals surface area contributed by atoms with Crippen LogP contribution < -0.4 is 24.1 Å². The summed E-state index contributed by atoms with van der Waals surface area (Å²) in [6.45, 7) is 0. The number of ether oxygens (including phenoxy) is 4. The molecule has 4 rings (SSSR count). The zero-order chi connectivity index (χ0) is 26.5. The molecule has 0 aliphatic carbocycles. The highest BCUT2D eigenvalue weighted by molar-refractivity contribution is 7.00. The topological polar surface area (TPSA) is 120 Å². The second-order valence-electron chi connectivity index (χ2n) is 7.88. The first kappa shape index (κ1) is 25.6. The maximum atomic E-state index is 13.8. The van der Waals surface area contributed by atoms with Gasteiger partial charge < -0.3 is 28.8 Å². The van der Waals surface area contributed by atoms with Crippen LogP contribution in [0, 0.1) is 0 Å². The molecule has 0 bridgehead atoms. The standard InChI is InChI=1S/C27H24N2O7S/c1-33-18-8-5-16(6-9-18)25(30)19(11-15-12-22(34-2)26(36-4)23(13-15)35-3)24(27(31)32)17-7-10-20-21(14-17)29-37-28-20/h5-10,12-14H,11H2,1-4H3,(H,31,32)/p-1/b24-19-. The monoisotopic (exact) mass is 519 g/mol. The molecular formula is C27H23N2O7S-. The number of rotatable bonds is 10. The maximum Gasteiger partial charge on any atom is 0.203 e. The van der Waals surface area contributed by atoms with Crippen molar-refractivity contribution in [2.24, 2.45) is 0 Å². The molecule has 0 aliphatic heterocycles. The Labute approximate surface area is 217 Å². The van der Waals surface area contributed by atoms with E-state index in [1.165, 1.54) is 28.4 Å².